The summed E-state index contributed by atoms with van der Waals surface area (Å²) in [5, 5.41) is 1.11. The van der Waals surface area contributed by atoms with Crippen LogP contribution in [0.5, 0.6) is 0 Å². The number of halogens is 6. The summed E-state index contributed by atoms with van der Waals surface area (Å²) in [7, 11) is 0. The Morgan fingerprint density at radius 3 is 2.17 bits per heavy atom. The number of fused-ring (bicyclic) bond motifs is 2. The Hall–Kier alpha value is -3.46. The fourth-order valence-electron chi connectivity index (χ4n) is 3.38. The van der Waals surface area contributed by atoms with Crippen LogP contribution in [0.2, 0.25) is 0 Å². The lowest BCUT2D eigenvalue weighted by molar-refractivity contribution is -0.0696. The molecule has 0 nitrogen and oxygen atoms in total. The molecule has 6 heteroatoms. The average molecular weight is 414 g/mol. The number of hydrogen-bond donors (Lipinski definition) is 0. The molecule has 0 saturated heterocycles. The summed E-state index contributed by atoms with van der Waals surface area (Å²) in [6.45, 7) is 1.89. The third-order valence-electron chi connectivity index (χ3n) is 4.78. The van der Waals surface area contributed by atoms with Crippen LogP contribution < -0.4 is 0 Å². The zero-order chi connectivity index (χ0) is 21.6. The number of hydrogen-bond acceptors (Lipinski definition) is 0. The maximum atomic E-state index is 15.0. The van der Waals surface area contributed by atoms with Gasteiger partial charge < -0.3 is 0 Å². The van der Waals surface area contributed by atoms with Crippen LogP contribution in [0.1, 0.15) is 11.1 Å². The van der Waals surface area contributed by atoms with Crippen molar-refractivity contribution >= 4 is 21.5 Å². The Balaban J connectivity index is 1.87. The van der Waals surface area contributed by atoms with Gasteiger partial charge in [-0.1, -0.05) is 53.9 Å². The summed E-state index contributed by atoms with van der Waals surface area (Å²) in [6, 6.07) is 13.6. The highest BCUT2D eigenvalue weighted by Crippen LogP contribution is 2.33. The van der Waals surface area contributed by atoms with Crippen molar-refractivity contribution in [1.29, 1.82) is 0 Å². The van der Waals surface area contributed by atoms with Crippen LogP contribution in [0.3, 0.4) is 0 Å². The molecule has 0 spiro atoms. The molecule has 0 heterocycles. The fourth-order valence-corrected chi connectivity index (χ4v) is 3.38. The Bertz CT molecular complexity index is 1370. The zero-order valence-electron chi connectivity index (χ0n) is 15.5. The van der Waals surface area contributed by atoms with Gasteiger partial charge in [-0.15, -0.1) is 0 Å². The van der Waals surface area contributed by atoms with Crippen LogP contribution in [0, 0.1) is 36.2 Å². The maximum absolute atomic E-state index is 15.0. The molecule has 4 rings (SSSR count). The second-order valence-corrected chi connectivity index (χ2v) is 6.88. The fraction of sp³-hybridized carbons (Fsp3) is 0.0833. The van der Waals surface area contributed by atoms with Crippen molar-refractivity contribution in [2.75, 3.05) is 0 Å². The van der Waals surface area contributed by atoms with E-state index in [1.54, 1.807) is 24.3 Å². The molecule has 0 bridgehead atoms. The summed E-state index contributed by atoms with van der Waals surface area (Å²) in [5.41, 5.74) is 0.654. The molecule has 0 N–H and O–H groups in total. The minimum absolute atomic E-state index is 0.0865. The normalized spacial score (nSPS) is 11.6. The molecular formula is C24H12F6. The monoisotopic (exact) mass is 414 g/mol. The van der Waals surface area contributed by atoms with Crippen LogP contribution in [-0.2, 0) is 0 Å². The smallest absolute Gasteiger partial charge is 0.206 e. The topological polar surface area (TPSA) is 0 Å². The van der Waals surface area contributed by atoms with Gasteiger partial charge in [-0.05, 0) is 35.4 Å². The molecule has 0 fully saturated rings. The van der Waals surface area contributed by atoms with Crippen molar-refractivity contribution in [2.24, 2.45) is 0 Å². The van der Waals surface area contributed by atoms with Crippen LogP contribution in [0.15, 0.2) is 54.6 Å². The molecule has 4 aromatic rings. The Morgan fingerprint density at radius 1 is 0.733 bits per heavy atom. The molecule has 0 aliphatic rings. The van der Waals surface area contributed by atoms with Gasteiger partial charge in [0.15, 0.2) is 0 Å². The summed E-state index contributed by atoms with van der Waals surface area (Å²) in [6.07, 6.45) is -4.87. The highest BCUT2D eigenvalue weighted by Gasteiger charge is 2.24. The Labute approximate surface area is 167 Å². The van der Waals surface area contributed by atoms with Crippen molar-refractivity contribution in [1.82, 2.24) is 0 Å². The number of benzene rings is 4. The van der Waals surface area contributed by atoms with Gasteiger partial charge in [0.25, 0.3) is 0 Å². The van der Waals surface area contributed by atoms with Crippen LogP contribution >= 0.6 is 0 Å². The maximum Gasteiger partial charge on any atom is 0.458 e. The standard InChI is InChI=1S/C24H12F6/c1-13-2-5-17-14(10-13)3-6-18(22(17)26)15-4-7-19-16(11-15)12-21(25)20(23(19)27)8-9-24(28,29)30/h2-7,10-12H,1H3. The summed E-state index contributed by atoms with van der Waals surface area (Å²) in [5.74, 6) is -0.504. The van der Waals surface area contributed by atoms with E-state index in [0.717, 1.165) is 22.9 Å². The minimum Gasteiger partial charge on any atom is -0.206 e. The number of alkyl halides is 3. The van der Waals surface area contributed by atoms with Crippen LogP contribution in [-0.4, -0.2) is 6.18 Å². The van der Waals surface area contributed by atoms with E-state index in [-0.39, 0.29) is 16.3 Å². The molecule has 150 valence electrons. The van der Waals surface area contributed by atoms with E-state index in [1.165, 1.54) is 24.1 Å². The molecule has 0 unspecified atom stereocenters. The van der Waals surface area contributed by atoms with E-state index in [2.05, 4.69) is 0 Å². The molecule has 0 amide bonds. The van der Waals surface area contributed by atoms with E-state index in [1.807, 2.05) is 13.0 Å². The Morgan fingerprint density at radius 2 is 1.43 bits per heavy atom. The highest BCUT2D eigenvalue weighted by molar-refractivity contribution is 5.92. The summed E-state index contributed by atoms with van der Waals surface area (Å²) in [4.78, 5) is 0. The van der Waals surface area contributed by atoms with Gasteiger partial charge >= 0.3 is 6.18 Å². The first-order valence-electron chi connectivity index (χ1n) is 8.85. The van der Waals surface area contributed by atoms with Gasteiger partial charge in [-0.3, -0.25) is 0 Å². The van der Waals surface area contributed by atoms with E-state index in [0.29, 0.717) is 10.9 Å². The molecule has 0 radical (unpaired) electrons. The van der Waals surface area contributed by atoms with Crippen LogP contribution in [0.25, 0.3) is 32.7 Å². The minimum atomic E-state index is -4.87. The van der Waals surface area contributed by atoms with E-state index in [9.17, 15) is 22.0 Å². The Kier molecular flexibility index (Phi) is 4.70. The van der Waals surface area contributed by atoms with Crippen molar-refractivity contribution in [3.8, 4) is 23.0 Å². The predicted molar refractivity (Wildman–Crippen MR) is 104 cm³/mol. The van der Waals surface area contributed by atoms with Gasteiger partial charge in [-0.25, -0.2) is 13.2 Å². The second kappa shape index (κ2) is 7.10. The van der Waals surface area contributed by atoms with Gasteiger partial charge in [0.2, 0.25) is 0 Å². The van der Waals surface area contributed by atoms with Gasteiger partial charge in [0.1, 0.15) is 17.5 Å². The van der Waals surface area contributed by atoms with Gasteiger partial charge in [0.05, 0.1) is 5.56 Å². The SMILES string of the molecule is Cc1ccc2c(F)c(-c3ccc4c(F)c(C#CC(F)(F)F)c(F)cc4c3)ccc2c1. The van der Waals surface area contributed by atoms with Crippen LogP contribution in [0.4, 0.5) is 26.3 Å². The number of rotatable bonds is 1. The molecule has 0 aromatic heterocycles. The average Bonchev–Trinajstić information content (AvgIpc) is 2.66. The van der Waals surface area contributed by atoms with Crippen molar-refractivity contribution in [3.05, 3.63) is 83.2 Å². The van der Waals surface area contributed by atoms with E-state index in [4.69, 9.17) is 0 Å². The first-order valence-corrected chi connectivity index (χ1v) is 8.85. The molecular weight excluding hydrogens is 402 g/mol. The molecule has 30 heavy (non-hydrogen) atoms. The molecule has 0 atom stereocenters. The molecule has 0 aliphatic carbocycles. The first kappa shape index (κ1) is 19.8. The lowest BCUT2D eigenvalue weighted by atomic mass is 9.96. The van der Waals surface area contributed by atoms with Crippen molar-refractivity contribution in [3.63, 3.8) is 0 Å². The second-order valence-electron chi connectivity index (χ2n) is 6.88. The lowest BCUT2D eigenvalue weighted by Gasteiger charge is -2.10. The van der Waals surface area contributed by atoms with Gasteiger partial charge in [-0.2, -0.15) is 13.2 Å². The van der Waals surface area contributed by atoms with E-state index >= 15 is 4.39 Å². The molecule has 0 saturated carbocycles. The highest BCUT2D eigenvalue weighted by atomic mass is 19.4. The summed E-state index contributed by atoms with van der Waals surface area (Å²) >= 11 is 0. The van der Waals surface area contributed by atoms with E-state index < -0.39 is 29.2 Å². The zero-order valence-corrected chi connectivity index (χ0v) is 15.5. The first-order chi connectivity index (χ1) is 14.1. The molecule has 0 aliphatic heterocycles. The third kappa shape index (κ3) is 3.59. The number of aryl methyl sites for hydroxylation is 1. The van der Waals surface area contributed by atoms with Crippen molar-refractivity contribution < 1.29 is 26.3 Å². The molecule has 4 aromatic carbocycles. The quantitative estimate of drug-likeness (QED) is 0.226. The van der Waals surface area contributed by atoms with Gasteiger partial charge in [0, 0.05) is 22.3 Å². The summed E-state index contributed by atoms with van der Waals surface area (Å²) < 4.78 is 80.7. The predicted octanol–water partition coefficient (Wildman–Crippen LogP) is 7.30. The largest absolute Gasteiger partial charge is 0.458 e. The third-order valence-corrected chi connectivity index (χ3v) is 4.78. The van der Waals surface area contributed by atoms with Crippen molar-refractivity contribution in [2.45, 2.75) is 13.1 Å². The lowest BCUT2D eigenvalue weighted by Crippen LogP contribution is -2.02.